The fourth-order valence-corrected chi connectivity index (χ4v) is 10.3. The van der Waals surface area contributed by atoms with Gasteiger partial charge in [0.15, 0.2) is 0 Å². The number of nitrogens with one attached hydrogen (secondary N) is 4. The van der Waals surface area contributed by atoms with E-state index >= 15 is 0 Å². The normalized spacial score (nSPS) is 15.8. The quantitative estimate of drug-likeness (QED) is 0.0533. The van der Waals surface area contributed by atoms with Gasteiger partial charge in [-0.3, -0.25) is 19.7 Å². The molecule has 4 heterocycles. The highest BCUT2D eigenvalue weighted by molar-refractivity contribution is 9.10. The Hall–Kier alpha value is -5.15. The molecule has 1 amide bonds. The number of methoxy groups -OCH3 is 1. The molecule has 2 saturated heterocycles. The molecular weight excluding hydrogens is 881 g/mol. The van der Waals surface area contributed by atoms with Gasteiger partial charge in [-0.15, -0.1) is 0 Å². The predicted molar refractivity (Wildman–Crippen MR) is 257 cm³/mol. The minimum Gasteiger partial charge on any atom is -0.494 e. The molecule has 2 aliphatic heterocycles. The van der Waals surface area contributed by atoms with Crippen molar-refractivity contribution < 1.29 is 18.9 Å². The number of amides is 1. The number of carbonyl (C=O) groups is 2. The highest BCUT2D eigenvalue weighted by Gasteiger charge is 2.29. The number of halogens is 1. The third kappa shape index (κ3) is 11.3. The van der Waals surface area contributed by atoms with Crippen molar-refractivity contribution >= 4 is 86.1 Å². The Morgan fingerprint density at radius 1 is 0.968 bits per heavy atom. The minimum absolute atomic E-state index is 0.118. The van der Waals surface area contributed by atoms with Gasteiger partial charge in [0.2, 0.25) is 11.9 Å². The number of likely N-dealkylation sites (N-methyl/N-ethyl adjacent to an activating group) is 1. The topological polar surface area (TPSA) is 170 Å². The van der Waals surface area contributed by atoms with Gasteiger partial charge in [0.05, 0.1) is 33.8 Å². The number of anilines is 6. The Morgan fingerprint density at radius 2 is 1.71 bits per heavy atom. The number of carbonyl (C=O) groups excluding carboxylic acids is 2. The van der Waals surface area contributed by atoms with Crippen molar-refractivity contribution in [2.45, 2.75) is 57.5 Å². The predicted octanol–water partition coefficient (Wildman–Crippen LogP) is 6.82. The van der Waals surface area contributed by atoms with E-state index in [1.165, 1.54) is 16.8 Å². The second kappa shape index (κ2) is 21.0. The molecule has 15 nitrogen and oxygen atoms in total. The second-order valence-electron chi connectivity index (χ2n) is 16.5. The van der Waals surface area contributed by atoms with Crippen LogP contribution in [-0.4, -0.2) is 127 Å². The monoisotopic (exact) mass is 939 g/mol. The number of hydrogen-bond donors (Lipinski definition) is 4. The molecule has 0 spiro atoms. The molecule has 0 saturated carbocycles. The molecular formula is C46H59BrN11O4P. The van der Waals surface area contributed by atoms with Crippen LogP contribution in [0.3, 0.4) is 0 Å². The van der Waals surface area contributed by atoms with Crippen LogP contribution in [0.5, 0.6) is 5.75 Å². The molecule has 63 heavy (non-hydrogen) atoms. The third-order valence-corrected chi connectivity index (χ3v) is 14.2. The van der Waals surface area contributed by atoms with Gasteiger partial charge in [0.25, 0.3) is 0 Å². The van der Waals surface area contributed by atoms with E-state index in [2.05, 4.69) is 98.0 Å². The number of hydrogen-bond acceptors (Lipinski definition) is 14. The molecule has 2 aromatic heterocycles. The average molecular weight is 941 g/mol. The number of aryl methyl sites for hydroxylation is 1. The van der Waals surface area contributed by atoms with Crippen LogP contribution in [0.2, 0.25) is 0 Å². The fourth-order valence-electron chi connectivity index (χ4n) is 8.65. The fraction of sp³-hybridized carbons (Fsp3) is 0.435. The highest BCUT2D eigenvalue weighted by Crippen LogP contribution is 2.42. The lowest BCUT2D eigenvalue weighted by molar-refractivity contribution is -0.121. The summed E-state index contributed by atoms with van der Waals surface area (Å²) in [5.74, 6) is 1.49. The second-order valence-corrected chi connectivity index (χ2v) is 20.5. The van der Waals surface area contributed by atoms with Gasteiger partial charge in [-0.2, -0.15) is 4.98 Å². The van der Waals surface area contributed by atoms with Crippen molar-refractivity contribution in [3.05, 3.63) is 82.7 Å². The standard InChI is InChI=1S/C46H59BrN11O4P/c1-6-32-28-39(54-46-51-30-35(47)44(55-46)53-37-14-13-36-42(50-19-18-49-36)43(37)63(4,5)61)41(62-3)29-40(32)58-21-16-34(17-22-58)57-25-23-56(24-26-57)20-15-31-9-11-33(12-10-31)52-38(8-7-27-59)45(60)48-2/h9-14,18-19,27-30,34,38,52H,6-8,15-17,20-26H2,1-5H3,(H,48,60)(H2,51,53,54,55). The molecule has 0 radical (unpaired) electrons. The van der Waals surface area contributed by atoms with Crippen LogP contribution in [0.25, 0.3) is 11.0 Å². The van der Waals surface area contributed by atoms with Crippen LogP contribution in [-0.2, 0) is 27.0 Å². The van der Waals surface area contributed by atoms with Crippen LogP contribution in [0.4, 0.5) is 34.5 Å². The number of aldehydes is 1. The number of piperidine rings is 1. The van der Waals surface area contributed by atoms with Crippen LogP contribution < -0.4 is 36.2 Å². The van der Waals surface area contributed by atoms with E-state index < -0.39 is 13.2 Å². The molecule has 1 atom stereocenters. The summed E-state index contributed by atoms with van der Waals surface area (Å²) in [6.45, 7) is 12.9. The minimum atomic E-state index is -2.77. The van der Waals surface area contributed by atoms with E-state index in [4.69, 9.17) is 9.72 Å². The Kier molecular flexibility index (Phi) is 15.3. The number of aromatic nitrogens is 4. The number of fused-ring (bicyclic) bond motifs is 1. The van der Waals surface area contributed by atoms with Crippen LogP contribution in [0, 0.1) is 0 Å². The molecule has 0 bridgehead atoms. The van der Waals surface area contributed by atoms with E-state index in [-0.39, 0.29) is 5.91 Å². The Morgan fingerprint density at radius 3 is 2.40 bits per heavy atom. The maximum atomic E-state index is 13.5. The molecule has 334 valence electrons. The molecule has 17 heteroatoms. The lowest BCUT2D eigenvalue weighted by Gasteiger charge is -2.43. The summed E-state index contributed by atoms with van der Waals surface area (Å²) >= 11 is 3.60. The summed E-state index contributed by atoms with van der Waals surface area (Å²) < 4.78 is 20.1. The van der Waals surface area contributed by atoms with Gasteiger partial charge in [0, 0.05) is 101 Å². The maximum Gasteiger partial charge on any atom is 0.242 e. The maximum absolute atomic E-state index is 13.5. The van der Waals surface area contributed by atoms with E-state index in [1.807, 2.05) is 24.3 Å². The zero-order valence-electron chi connectivity index (χ0n) is 36.9. The Labute approximate surface area is 378 Å². The number of rotatable bonds is 18. The number of ether oxygens (including phenoxy) is 1. The van der Waals surface area contributed by atoms with E-state index in [1.54, 1.807) is 46.1 Å². The van der Waals surface area contributed by atoms with Crippen molar-refractivity contribution in [1.82, 2.24) is 35.1 Å². The molecule has 3 aromatic carbocycles. The van der Waals surface area contributed by atoms with Gasteiger partial charge >= 0.3 is 0 Å². The van der Waals surface area contributed by atoms with E-state index in [9.17, 15) is 14.2 Å². The molecule has 0 aliphatic carbocycles. The van der Waals surface area contributed by atoms with Crippen LogP contribution in [0.15, 0.2) is 71.6 Å². The first-order valence-electron chi connectivity index (χ1n) is 21.8. The molecule has 2 fully saturated rings. The molecule has 1 unspecified atom stereocenters. The van der Waals surface area contributed by atoms with Crippen LogP contribution in [0.1, 0.15) is 43.7 Å². The Balaban J connectivity index is 0.927. The van der Waals surface area contributed by atoms with Gasteiger partial charge in [-0.1, -0.05) is 19.1 Å². The largest absolute Gasteiger partial charge is 0.494 e. The zero-order chi connectivity index (χ0) is 44.5. The van der Waals surface area contributed by atoms with Crippen molar-refractivity contribution in [2.24, 2.45) is 0 Å². The summed E-state index contributed by atoms with van der Waals surface area (Å²) in [4.78, 5) is 49.2. The average Bonchev–Trinajstić information content (AvgIpc) is 3.30. The first-order chi connectivity index (χ1) is 30.5. The van der Waals surface area contributed by atoms with Gasteiger partial charge in [-0.25, -0.2) is 4.98 Å². The summed E-state index contributed by atoms with van der Waals surface area (Å²) in [5, 5.41) is 13.4. The van der Waals surface area contributed by atoms with Crippen LogP contribution >= 0.6 is 23.1 Å². The number of benzene rings is 3. The molecule has 2 aliphatic rings. The summed E-state index contributed by atoms with van der Waals surface area (Å²) in [7, 11) is 0.534. The van der Waals surface area contributed by atoms with Crippen molar-refractivity contribution in [3.63, 3.8) is 0 Å². The number of nitrogens with zero attached hydrogens (tertiary/aromatic N) is 7. The van der Waals surface area contributed by atoms with Crippen molar-refractivity contribution in [1.29, 1.82) is 0 Å². The van der Waals surface area contributed by atoms with E-state index in [0.717, 1.165) is 89.2 Å². The van der Waals surface area contributed by atoms with Gasteiger partial charge in [0.1, 0.15) is 36.6 Å². The molecule has 4 N–H and O–H groups in total. The first kappa shape index (κ1) is 45.9. The molecule has 5 aromatic rings. The summed E-state index contributed by atoms with van der Waals surface area (Å²) in [6, 6.07) is 16.4. The van der Waals surface area contributed by atoms with Crippen molar-refractivity contribution in [3.8, 4) is 5.75 Å². The zero-order valence-corrected chi connectivity index (χ0v) is 39.3. The first-order valence-corrected chi connectivity index (χ1v) is 25.2. The van der Waals surface area contributed by atoms with E-state index in [0.29, 0.717) is 62.9 Å². The lowest BCUT2D eigenvalue weighted by atomic mass is 9.99. The third-order valence-electron chi connectivity index (χ3n) is 12.1. The van der Waals surface area contributed by atoms with Gasteiger partial charge in [-0.05, 0) is 103 Å². The lowest BCUT2D eigenvalue weighted by Crippen LogP contribution is -2.53. The number of piperazine rings is 1. The molecule has 7 rings (SSSR count). The van der Waals surface area contributed by atoms with Gasteiger partial charge < -0.3 is 45.2 Å². The SMILES string of the molecule is CCc1cc(Nc2ncc(Br)c(Nc3ccc4nccnc4c3P(C)(C)=O)n2)c(OC)cc1N1CCC(N2CCN(CCc3ccc(NC(CCC=O)C(=O)NC)cc3)CC2)CC1. The highest BCUT2D eigenvalue weighted by atomic mass is 79.9. The summed E-state index contributed by atoms with van der Waals surface area (Å²) in [6.07, 6.45) is 10.6. The van der Waals surface area contributed by atoms with Crippen molar-refractivity contribution in [2.75, 3.05) is 94.2 Å². The summed E-state index contributed by atoms with van der Waals surface area (Å²) in [5.41, 5.74) is 7.28. The smallest absolute Gasteiger partial charge is 0.242 e. The Bertz CT molecular complexity index is 2420.